The summed E-state index contributed by atoms with van der Waals surface area (Å²) in [4.78, 5) is 19.5. The molecule has 0 unspecified atom stereocenters. The largest absolute Gasteiger partial charge is 0.379 e. The topological polar surface area (TPSA) is 53.8 Å². The minimum atomic E-state index is -0.0428. The van der Waals surface area contributed by atoms with Gasteiger partial charge in [0, 0.05) is 64.6 Å². The molecule has 7 heteroatoms. The van der Waals surface area contributed by atoms with E-state index in [0.29, 0.717) is 0 Å². The second-order valence-corrected chi connectivity index (χ2v) is 6.80. The summed E-state index contributed by atoms with van der Waals surface area (Å²) < 4.78 is 7.23. The van der Waals surface area contributed by atoms with Crippen molar-refractivity contribution in [3.8, 4) is 0 Å². The summed E-state index contributed by atoms with van der Waals surface area (Å²) in [5.74, 6) is 0.264. The van der Waals surface area contributed by atoms with Crippen molar-refractivity contribution >= 4 is 5.91 Å². The molecule has 1 atom stereocenters. The van der Waals surface area contributed by atoms with E-state index in [-0.39, 0.29) is 11.9 Å². The van der Waals surface area contributed by atoms with Crippen LogP contribution >= 0.6 is 0 Å². The lowest BCUT2D eigenvalue weighted by Gasteiger charge is -2.34. The van der Waals surface area contributed by atoms with E-state index in [1.54, 1.807) is 0 Å². The molecule has 0 radical (unpaired) electrons. The molecule has 0 aromatic carbocycles. The lowest BCUT2D eigenvalue weighted by atomic mass is 10.2. The normalized spacial score (nSPS) is 22.3. The predicted molar refractivity (Wildman–Crippen MR) is 91.5 cm³/mol. The first-order chi connectivity index (χ1) is 11.6. The third-order valence-corrected chi connectivity index (χ3v) is 5.02. The van der Waals surface area contributed by atoms with Crippen LogP contribution in [0.5, 0.6) is 0 Å². The van der Waals surface area contributed by atoms with E-state index in [4.69, 9.17) is 4.74 Å². The zero-order valence-corrected chi connectivity index (χ0v) is 14.9. The highest BCUT2D eigenvalue weighted by atomic mass is 16.5. The number of hydrogen-bond acceptors (Lipinski definition) is 5. The van der Waals surface area contributed by atoms with Crippen LogP contribution in [0.3, 0.4) is 0 Å². The highest BCUT2D eigenvalue weighted by Gasteiger charge is 2.28. The lowest BCUT2D eigenvalue weighted by Crippen LogP contribution is -2.51. The van der Waals surface area contributed by atoms with E-state index in [1.165, 1.54) is 5.56 Å². The van der Waals surface area contributed by atoms with Gasteiger partial charge >= 0.3 is 0 Å². The van der Waals surface area contributed by atoms with Gasteiger partial charge in [-0.05, 0) is 13.3 Å². The maximum Gasteiger partial charge on any atom is 0.239 e. The number of morpholine rings is 1. The number of hydrogen-bond donors (Lipinski definition) is 0. The molecular formula is C17H29N5O2. The second-order valence-electron chi connectivity index (χ2n) is 6.80. The fourth-order valence-corrected chi connectivity index (χ4v) is 3.55. The van der Waals surface area contributed by atoms with Crippen LogP contribution in [0.1, 0.15) is 18.9 Å². The fraction of sp³-hybridized carbons (Fsp3) is 0.765. The first kappa shape index (κ1) is 17.4. The van der Waals surface area contributed by atoms with Crippen LogP contribution in [0.4, 0.5) is 0 Å². The molecule has 7 nitrogen and oxygen atoms in total. The standard InChI is InChI=1S/C17H29N5O2/c1-15(21-8-10-24-11-9-21)17(23)22-5-3-4-20(6-7-22)14-16-12-18-19(2)13-16/h12-13,15H,3-11,14H2,1-2H3/t15-/m0/s1. The van der Waals surface area contributed by atoms with Crippen molar-refractivity contribution in [3.05, 3.63) is 18.0 Å². The minimum Gasteiger partial charge on any atom is -0.379 e. The molecule has 0 spiro atoms. The van der Waals surface area contributed by atoms with Crippen molar-refractivity contribution in [2.75, 3.05) is 52.5 Å². The van der Waals surface area contributed by atoms with Crippen molar-refractivity contribution in [3.63, 3.8) is 0 Å². The summed E-state index contributed by atoms with van der Waals surface area (Å²) in [6.07, 6.45) is 5.02. The van der Waals surface area contributed by atoms with E-state index in [2.05, 4.69) is 21.1 Å². The van der Waals surface area contributed by atoms with Crippen LogP contribution < -0.4 is 0 Å². The van der Waals surface area contributed by atoms with Crippen LogP contribution in [0.2, 0.25) is 0 Å². The molecule has 134 valence electrons. The zero-order chi connectivity index (χ0) is 16.9. The smallest absolute Gasteiger partial charge is 0.239 e. The van der Waals surface area contributed by atoms with E-state index < -0.39 is 0 Å². The second kappa shape index (κ2) is 8.09. The molecule has 1 amide bonds. The van der Waals surface area contributed by atoms with E-state index in [0.717, 1.165) is 65.4 Å². The van der Waals surface area contributed by atoms with Crippen LogP contribution in [0.25, 0.3) is 0 Å². The molecule has 0 N–H and O–H groups in total. The number of ether oxygens (including phenoxy) is 1. The van der Waals surface area contributed by atoms with E-state index in [1.807, 2.05) is 29.7 Å². The molecule has 2 aliphatic heterocycles. The molecule has 0 bridgehead atoms. The van der Waals surface area contributed by atoms with Crippen molar-refractivity contribution in [2.24, 2.45) is 7.05 Å². The number of carbonyl (C=O) groups is 1. The van der Waals surface area contributed by atoms with Gasteiger partial charge in [0.05, 0.1) is 25.5 Å². The van der Waals surface area contributed by atoms with Gasteiger partial charge in [0.25, 0.3) is 0 Å². The molecule has 3 heterocycles. The van der Waals surface area contributed by atoms with Crippen LogP contribution in [0, 0.1) is 0 Å². The number of nitrogens with zero attached hydrogens (tertiary/aromatic N) is 5. The van der Waals surface area contributed by atoms with Crippen molar-refractivity contribution in [1.82, 2.24) is 24.5 Å². The molecule has 3 rings (SSSR count). The summed E-state index contributed by atoms with van der Waals surface area (Å²) in [7, 11) is 1.94. The van der Waals surface area contributed by atoms with Gasteiger partial charge in [-0.3, -0.25) is 19.3 Å². The summed E-state index contributed by atoms with van der Waals surface area (Å²) in [6, 6.07) is -0.0428. The Balaban J connectivity index is 1.51. The Bertz CT molecular complexity index is 541. The zero-order valence-electron chi connectivity index (χ0n) is 14.9. The minimum absolute atomic E-state index is 0.0428. The average Bonchev–Trinajstić information content (AvgIpc) is 2.87. The van der Waals surface area contributed by atoms with Crippen LogP contribution in [0.15, 0.2) is 12.4 Å². The predicted octanol–water partition coefficient (Wildman–Crippen LogP) is 0.175. The molecule has 24 heavy (non-hydrogen) atoms. The summed E-state index contributed by atoms with van der Waals surface area (Å²) >= 11 is 0. The molecule has 2 saturated heterocycles. The van der Waals surface area contributed by atoms with Gasteiger partial charge < -0.3 is 9.64 Å². The first-order valence-corrected chi connectivity index (χ1v) is 8.94. The number of amides is 1. The van der Waals surface area contributed by atoms with Crippen molar-refractivity contribution in [1.29, 1.82) is 0 Å². The monoisotopic (exact) mass is 335 g/mol. The third kappa shape index (κ3) is 4.34. The Kier molecular flexibility index (Phi) is 5.86. The molecule has 0 aliphatic carbocycles. The number of rotatable bonds is 4. The van der Waals surface area contributed by atoms with Gasteiger partial charge in [0.15, 0.2) is 0 Å². The molecule has 1 aromatic heterocycles. The van der Waals surface area contributed by atoms with Gasteiger partial charge in [0.2, 0.25) is 5.91 Å². The lowest BCUT2D eigenvalue weighted by molar-refractivity contribution is -0.137. The SMILES string of the molecule is C[C@@H](C(=O)N1CCCN(Cc2cnn(C)c2)CC1)N1CCOCC1. The molecule has 1 aromatic rings. The van der Waals surface area contributed by atoms with Gasteiger partial charge in [0.1, 0.15) is 0 Å². The van der Waals surface area contributed by atoms with E-state index >= 15 is 0 Å². The molecule has 0 saturated carbocycles. The summed E-state index contributed by atoms with van der Waals surface area (Å²) in [6.45, 7) is 9.75. The Morgan fingerprint density at radius 1 is 1.21 bits per heavy atom. The van der Waals surface area contributed by atoms with E-state index in [9.17, 15) is 4.79 Å². The number of aromatic nitrogens is 2. The Labute approximate surface area is 144 Å². The Hall–Kier alpha value is -1.44. The van der Waals surface area contributed by atoms with Gasteiger partial charge in [-0.25, -0.2) is 0 Å². The van der Waals surface area contributed by atoms with Crippen LogP contribution in [-0.4, -0.2) is 88.9 Å². The maximum absolute atomic E-state index is 12.8. The third-order valence-electron chi connectivity index (χ3n) is 5.02. The highest BCUT2D eigenvalue weighted by Crippen LogP contribution is 2.12. The molecule has 2 fully saturated rings. The number of carbonyl (C=O) groups excluding carboxylic acids is 1. The quantitative estimate of drug-likeness (QED) is 0.785. The fourth-order valence-electron chi connectivity index (χ4n) is 3.55. The maximum atomic E-state index is 12.8. The van der Waals surface area contributed by atoms with Crippen LogP contribution in [-0.2, 0) is 23.1 Å². The highest BCUT2D eigenvalue weighted by molar-refractivity contribution is 5.81. The van der Waals surface area contributed by atoms with Gasteiger partial charge in [-0.15, -0.1) is 0 Å². The van der Waals surface area contributed by atoms with Gasteiger partial charge in [-0.2, -0.15) is 5.10 Å². The van der Waals surface area contributed by atoms with Crippen molar-refractivity contribution < 1.29 is 9.53 Å². The number of aryl methyl sites for hydroxylation is 1. The van der Waals surface area contributed by atoms with Crippen molar-refractivity contribution in [2.45, 2.75) is 25.9 Å². The molecular weight excluding hydrogens is 306 g/mol. The molecule has 2 aliphatic rings. The first-order valence-electron chi connectivity index (χ1n) is 8.94. The van der Waals surface area contributed by atoms with Gasteiger partial charge in [-0.1, -0.05) is 0 Å². The Morgan fingerprint density at radius 3 is 2.71 bits per heavy atom. The Morgan fingerprint density at radius 2 is 2.00 bits per heavy atom. The average molecular weight is 335 g/mol. The summed E-state index contributed by atoms with van der Waals surface area (Å²) in [5, 5.41) is 4.23. The summed E-state index contributed by atoms with van der Waals surface area (Å²) in [5.41, 5.74) is 1.24.